The van der Waals surface area contributed by atoms with Crippen molar-refractivity contribution in [3.8, 4) is 0 Å². The van der Waals surface area contributed by atoms with E-state index in [2.05, 4.69) is 14.9 Å². The van der Waals surface area contributed by atoms with E-state index in [0.717, 1.165) is 24.9 Å². The Bertz CT molecular complexity index is 247. The molecule has 0 N–H and O–H groups in total. The SMILES string of the molecule is [N-]=[N+]=NCCCN1CCCC2CCCC21. The van der Waals surface area contributed by atoms with E-state index < -0.39 is 0 Å². The van der Waals surface area contributed by atoms with Crippen LogP contribution in [0.15, 0.2) is 5.11 Å². The summed E-state index contributed by atoms with van der Waals surface area (Å²) in [6.45, 7) is 3.04. The molecule has 0 aromatic heterocycles. The fraction of sp³-hybridized carbons (Fsp3) is 1.00. The second-order valence-electron chi connectivity index (χ2n) is 4.74. The van der Waals surface area contributed by atoms with Crippen molar-refractivity contribution in [3.63, 3.8) is 0 Å². The van der Waals surface area contributed by atoms with E-state index in [4.69, 9.17) is 5.53 Å². The summed E-state index contributed by atoms with van der Waals surface area (Å²) >= 11 is 0. The molecule has 2 aliphatic rings. The third-order valence-electron chi connectivity index (χ3n) is 3.87. The van der Waals surface area contributed by atoms with Gasteiger partial charge in [0.15, 0.2) is 0 Å². The Kier molecular flexibility index (Phi) is 3.87. The van der Waals surface area contributed by atoms with E-state index in [1.807, 2.05) is 0 Å². The summed E-state index contributed by atoms with van der Waals surface area (Å²) in [6, 6.07) is 0.852. The lowest BCUT2D eigenvalue weighted by atomic mass is 9.92. The smallest absolute Gasteiger partial charge is 0.0270 e. The van der Waals surface area contributed by atoms with Crippen LogP contribution < -0.4 is 0 Å². The monoisotopic (exact) mass is 208 g/mol. The third kappa shape index (κ3) is 2.64. The molecule has 84 valence electrons. The second kappa shape index (κ2) is 5.38. The first-order chi connectivity index (χ1) is 7.42. The molecule has 1 saturated carbocycles. The summed E-state index contributed by atoms with van der Waals surface area (Å²) in [5.74, 6) is 0.971. The molecule has 2 atom stereocenters. The molecule has 4 heteroatoms. The number of azide groups is 1. The first-order valence-corrected chi connectivity index (χ1v) is 6.16. The number of hydrogen-bond acceptors (Lipinski definition) is 2. The molecule has 0 bridgehead atoms. The normalized spacial score (nSPS) is 30.9. The molecule has 2 unspecified atom stereocenters. The lowest BCUT2D eigenvalue weighted by Gasteiger charge is -2.37. The first-order valence-electron chi connectivity index (χ1n) is 6.16. The van der Waals surface area contributed by atoms with E-state index in [9.17, 15) is 0 Å². The summed E-state index contributed by atoms with van der Waals surface area (Å²) < 4.78 is 0. The van der Waals surface area contributed by atoms with Crippen LogP contribution in [0.2, 0.25) is 0 Å². The molecule has 0 radical (unpaired) electrons. The van der Waals surface area contributed by atoms with Gasteiger partial charge >= 0.3 is 0 Å². The molecule has 1 aliphatic carbocycles. The van der Waals surface area contributed by atoms with Crippen molar-refractivity contribution >= 4 is 0 Å². The number of likely N-dealkylation sites (tertiary alicyclic amines) is 1. The average Bonchev–Trinajstić information content (AvgIpc) is 2.73. The van der Waals surface area contributed by atoms with Gasteiger partial charge in [-0.1, -0.05) is 11.5 Å². The number of rotatable bonds is 4. The first kappa shape index (κ1) is 10.8. The number of nitrogens with zero attached hydrogens (tertiary/aromatic N) is 4. The molecule has 15 heavy (non-hydrogen) atoms. The fourth-order valence-electron chi connectivity index (χ4n) is 3.22. The van der Waals surface area contributed by atoms with Crippen LogP contribution in [0.25, 0.3) is 10.4 Å². The zero-order valence-electron chi connectivity index (χ0n) is 9.31. The van der Waals surface area contributed by atoms with E-state index in [1.54, 1.807) is 0 Å². The van der Waals surface area contributed by atoms with Gasteiger partial charge in [-0.15, -0.1) is 0 Å². The van der Waals surface area contributed by atoms with Crippen molar-refractivity contribution in [2.75, 3.05) is 19.6 Å². The minimum absolute atomic E-state index is 0.657. The van der Waals surface area contributed by atoms with Crippen LogP contribution in [-0.2, 0) is 0 Å². The van der Waals surface area contributed by atoms with Crippen LogP contribution in [0, 0.1) is 5.92 Å². The molecule has 2 fully saturated rings. The summed E-state index contributed by atoms with van der Waals surface area (Å²) in [5.41, 5.74) is 8.20. The Balaban J connectivity index is 1.77. The molecular weight excluding hydrogens is 188 g/mol. The number of fused-ring (bicyclic) bond motifs is 1. The van der Waals surface area contributed by atoms with E-state index in [1.165, 1.54) is 38.6 Å². The van der Waals surface area contributed by atoms with Crippen molar-refractivity contribution in [3.05, 3.63) is 10.4 Å². The summed E-state index contributed by atoms with van der Waals surface area (Å²) in [4.78, 5) is 5.42. The maximum Gasteiger partial charge on any atom is 0.0270 e. The highest BCUT2D eigenvalue weighted by Gasteiger charge is 2.34. The number of piperidine rings is 1. The zero-order valence-corrected chi connectivity index (χ0v) is 9.31. The molecule has 0 amide bonds. The van der Waals surface area contributed by atoms with Crippen molar-refractivity contribution in [1.29, 1.82) is 0 Å². The highest BCUT2D eigenvalue weighted by molar-refractivity contribution is 4.88. The van der Waals surface area contributed by atoms with Crippen LogP contribution in [0.4, 0.5) is 0 Å². The quantitative estimate of drug-likeness (QED) is 0.303. The standard InChI is InChI=1S/C11H20N4/c12-14-13-7-3-9-15-8-2-5-10-4-1-6-11(10)15/h10-11H,1-9H2. The van der Waals surface area contributed by atoms with Gasteiger partial charge in [-0.3, -0.25) is 0 Å². The van der Waals surface area contributed by atoms with Crippen molar-refractivity contribution < 1.29 is 0 Å². The number of hydrogen-bond donors (Lipinski definition) is 0. The minimum atomic E-state index is 0.657. The van der Waals surface area contributed by atoms with Gasteiger partial charge in [0.05, 0.1) is 0 Å². The predicted molar refractivity (Wildman–Crippen MR) is 60.6 cm³/mol. The van der Waals surface area contributed by atoms with E-state index in [-0.39, 0.29) is 0 Å². The summed E-state index contributed by atoms with van der Waals surface area (Å²) in [5, 5.41) is 3.60. The van der Waals surface area contributed by atoms with Gasteiger partial charge < -0.3 is 4.90 Å². The second-order valence-corrected chi connectivity index (χ2v) is 4.74. The Morgan fingerprint density at radius 1 is 1.27 bits per heavy atom. The van der Waals surface area contributed by atoms with E-state index in [0.29, 0.717) is 6.54 Å². The van der Waals surface area contributed by atoms with Gasteiger partial charge in [-0.05, 0) is 56.6 Å². The lowest BCUT2D eigenvalue weighted by Crippen LogP contribution is -2.43. The highest BCUT2D eigenvalue weighted by atomic mass is 15.2. The van der Waals surface area contributed by atoms with Gasteiger partial charge in [0.25, 0.3) is 0 Å². The van der Waals surface area contributed by atoms with Gasteiger partial charge in [0.2, 0.25) is 0 Å². The van der Waals surface area contributed by atoms with Crippen LogP contribution >= 0.6 is 0 Å². The largest absolute Gasteiger partial charge is 0.300 e. The molecule has 1 heterocycles. The fourth-order valence-corrected chi connectivity index (χ4v) is 3.22. The Morgan fingerprint density at radius 2 is 2.13 bits per heavy atom. The Morgan fingerprint density at radius 3 is 3.00 bits per heavy atom. The molecule has 1 aliphatic heterocycles. The van der Waals surface area contributed by atoms with Crippen molar-refractivity contribution in [1.82, 2.24) is 4.90 Å². The predicted octanol–water partition coefficient (Wildman–Crippen LogP) is 2.95. The zero-order chi connectivity index (χ0) is 10.5. The van der Waals surface area contributed by atoms with Crippen LogP contribution in [0.1, 0.15) is 38.5 Å². The van der Waals surface area contributed by atoms with Gasteiger partial charge in [-0.2, -0.15) is 0 Å². The lowest BCUT2D eigenvalue weighted by molar-refractivity contribution is 0.113. The Hall–Kier alpha value is -0.730. The van der Waals surface area contributed by atoms with Crippen LogP contribution in [-0.4, -0.2) is 30.6 Å². The van der Waals surface area contributed by atoms with E-state index >= 15 is 0 Å². The molecule has 0 aromatic rings. The summed E-state index contributed by atoms with van der Waals surface area (Å²) in [6.07, 6.45) is 8.08. The van der Waals surface area contributed by atoms with Crippen LogP contribution in [0.5, 0.6) is 0 Å². The molecule has 4 nitrogen and oxygen atoms in total. The molecule has 1 saturated heterocycles. The van der Waals surface area contributed by atoms with Crippen molar-refractivity contribution in [2.45, 2.75) is 44.6 Å². The molecule has 0 aromatic carbocycles. The highest BCUT2D eigenvalue weighted by Crippen LogP contribution is 2.36. The Labute approximate surface area is 91.3 Å². The van der Waals surface area contributed by atoms with Gasteiger partial charge in [0, 0.05) is 17.5 Å². The molecular formula is C11H20N4. The summed E-state index contributed by atoms with van der Waals surface area (Å²) in [7, 11) is 0. The van der Waals surface area contributed by atoms with Gasteiger partial charge in [-0.25, -0.2) is 0 Å². The van der Waals surface area contributed by atoms with Gasteiger partial charge in [0.1, 0.15) is 0 Å². The maximum atomic E-state index is 8.20. The van der Waals surface area contributed by atoms with Crippen molar-refractivity contribution in [2.24, 2.45) is 11.0 Å². The topological polar surface area (TPSA) is 52.0 Å². The molecule has 2 rings (SSSR count). The minimum Gasteiger partial charge on any atom is -0.300 e. The maximum absolute atomic E-state index is 8.20. The van der Waals surface area contributed by atoms with Crippen LogP contribution in [0.3, 0.4) is 0 Å². The molecule has 0 spiro atoms. The average molecular weight is 208 g/mol. The third-order valence-corrected chi connectivity index (χ3v) is 3.87.